The van der Waals surface area contributed by atoms with Gasteiger partial charge in [0.2, 0.25) is 0 Å². The summed E-state index contributed by atoms with van der Waals surface area (Å²) in [7, 11) is 0. The summed E-state index contributed by atoms with van der Waals surface area (Å²) in [6.07, 6.45) is 1.30. The molecule has 2 rings (SSSR count). The number of benzene rings is 2. The standard InChI is InChI=1S/C17H11Cl2NO3/c18-15-6-3-12(8-16(15)19)10-23-14-4-1-11(2-5-14)7-13(9-20)17(21)22/h1-8H,10H2,(H,21,22). The number of nitriles is 1. The fourth-order valence-corrected chi connectivity index (χ4v) is 2.09. The van der Waals surface area contributed by atoms with Gasteiger partial charge in [0.25, 0.3) is 0 Å². The zero-order valence-electron chi connectivity index (χ0n) is 11.8. The van der Waals surface area contributed by atoms with Crippen LogP contribution >= 0.6 is 23.2 Å². The Hall–Kier alpha value is -2.48. The van der Waals surface area contributed by atoms with Gasteiger partial charge >= 0.3 is 5.97 Å². The topological polar surface area (TPSA) is 70.3 Å². The Kier molecular flexibility index (Phi) is 5.64. The number of aliphatic carboxylic acids is 1. The van der Waals surface area contributed by atoms with E-state index >= 15 is 0 Å². The number of carboxylic acids is 1. The molecule has 0 unspecified atom stereocenters. The molecule has 2 aromatic carbocycles. The van der Waals surface area contributed by atoms with Gasteiger partial charge in [-0.3, -0.25) is 0 Å². The maximum Gasteiger partial charge on any atom is 0.346 e. The van der Waals surface area contributed by atoms with Crippen LogP contribution in [0.4, 0.5) is 0 Å². The van der Waals surface area contributed by atoms with Crippen LogP contribution in [0.1, 0.15) is 11.1 Å². The lowest BCUT2D eigenvalue weighted by Gasteiger charge is -2.07. The van der Waals surface area contributed by atoms with Gasteiger partial charge in [-0.05, 0) is 41.5 Å². The molecule has 0 saturated carbocycles. The van der Waals surface area contributed by atoms with Crippen molar-refractivity contribution in [2.75, 3.05) is 0 Å². The van der Waals surface area contributed by atoms with E-state index in [-0.39, 0.29) is 5.57 Å². The number of carbonyl (C=O) groups is 1. The zero-order valence-corrected chi connectivity index (χ0v) is 13.3. The lowest BCUT2D eigenvalue weighted by Crippen LogP contribution is -1.97. The van der Waals surface area contributed by atoms with E-state index in [9.17, 15) is 4.79 Å². The Balaban J connectivity index is 2.04. The molecule has 4 nitrogen and oxygen atoms in total. The van der Waals surface area contributed by atoms with Gasteiger partial charge in [-0.15, -0.1) is 0 Å². The number of nitrogens with zero attached hydrogens (tertiary/aromatic N) is 1. The Labute approximate surface area is 143 Å². The van der Waals surface area contributed by atoms with Crippen LogP contribution in [0.2, 0.25) is 10.0 Å². The SMILES string of the molecule is N#CC(=Cc1ccc(OCc2ccc(Cl)c(Cl)c2)cc1)C(=O)O. The first-order chi connectivity index (χ1) is 11.0. The molecule has 116 valence electrons. The predicted molar refractivity (Wildman–Crippen MR) is 88.5 cm³/mol. The van der Waals surface area contributed by atoms with E-state index in [0.717, 1.165) is 5.56 Å². The molecule has 2 aromatic rings. The summed E-state index contributed by atoms with van der Waals surface area (Å²) in [5.41, 5.74) is 1.15. The van der Waals surface area contributed by atoms with Gasteiger partial charge in [0.05, 0.1) is 10.0 Å². The Morgan fingerprint density at radius 3 is 2.43 bits per heavy atom. The van der Waals surface area contributed by atoms with Crippen LogP contribution in [-0.4, -0.2) is 11.1 Å². The van der Waals surface area contributed by atoms with Crippen molar-refractivity contribution in [3.63, 3.8) is 0 Å². The third-order valence-electron chi connectivity index (χ3n) is 2.93. The van der Waals surface area contributed by atoms with E-state index in [1.165, 1.54) is 6.08 Å². The van der Waals surface area contributed by atoms with Crippen molar-refractivity contribution in [2.45, 2.75) is 6.61 Å². The molecular weight excluding hydrogens is 337 g/mol. The number of ether oxygens (including phenoxy) is 1. The highest BCUT2D eigenvalue weighted by Gasteiger charge is 2.06. The van der Waals surface area contributed by atoms with Crippen molar-refractivity contribution in [3.05, 3.63) is 69.2 Å². The summed E-state index contributed by atoms with van der Waals surface area (Å²) in [6.45, 7) is 0.324. The molecule has 0 aliphatic heterocycles. The first-order valence-corrected chi connectivity index (χ1v) is 7.27. The first kappa shape index (κ1) is 16.9. The highest BCUT2D eigenvalue weighted by atomic mass is 35.5. The van der Waals surface area contributed by atoms with Gasteiger partial charge in [-0.25, -0.2) is 4.79 Å². The fraction of sp³-hybridized carbons (Fsp3) is 0.0588. The second kappa shape index (κ2) is 7.68. The molecule has 0 spiro atoms. The molecule has 0 atom stereocenters. The van der Waals surface area contributed by atoms with Crippen LogP contribution in [0.25, 0.3) is 6.08 Å². The second-order valence-electron chi connectivity index (χ2n) is 4.58. The summed E-state index contributed by atoms with van der Waals surface area (Å²) < 4.78 is 5.62. The monoisotopic (exact) mass is 347 g/mol. The normalized spacial score (nSPS) is 10.9. The molecule has 0 aromatic heterocycles. The highest BCUT2D eigenvalue weighted by molar-refractivity contribution is 6.42. The van der Waals surface area contributed by atoms with E-state index in [1.54, 1.807) is 42.5 Å². The summed E-state index contributed by atoms with van der Waals surface area (Å²) in [4.78, 5) is 10.8. The molecule has 1 N–H and O–H groups in total. The van der Waals surface area contributed by atoms with Crippen LogP contribution in [0.5, 0.6) is 5.75 Å². The van der Waals surface area contributed by atoms with Crippen molar-refractivity contribution >= 4 is 35.2 Å². The summed E-state index contributed by atoms with van der Waals surface area (Å²) in [6, 6.07) is 13.6. The van der Waals surface area contributed by atoms with Crippen LogP contribution in [0, 0.1) is 11.3 Å². The van der Waals surface area contributed by atoms with Gasteiger partial charge in [-0.1, -0.05) is 41.4 Å². The first-order valence-electron chi connectivity index (χ1n) is 6.51. The van der Waals surface area contributed by atoms with Gasteiger partial charge in [-0.2, -0.15) is 5.26 Å². The number of carboxylic acid groups (broad SMARTS) is 1. The Morgan fingerprint density at radius 1 is 1.17 bits per heavy atom. The molecule has 23 heavy (non-hydrogen) atoms. The molecule has 0 saturated heterocycles. The van der Waals surface area contributed by atoms with Gasteiger partial charge in [0.1, 0.15) is 24.0 Å². The molecule has 0 radical (unpaired) electrons. The van der Waals surface area contributed by atoms with E-state index in [0.29, 0.717) is 28.0 Å². The number of hydrogen-bond donors (Lipinski definition) is 1. The van der Waals surface area contributed by atoms with Crippen LogP contribution < -0.4 is 4.74 Å². The predicted octanol–water partition coefficient (Wildman–Crippen LogP) is 4.56. The number of hydrogen-bond acceptors (Lipinski definition) is 3. The summed E-state index contributed by atoms with van der Waals surface area (Å²) in [5.74, 6) is -0.644. The van der Waals surface area contributed by atoms with Crippen LogP contribution in [-0.2, 0) is 11.4 Å². The number of rotatable bonds is 5. The lowest BCUT2D eigenvalue weighted by atomic mass is 10.1. The maximum atomic E-state index is 10.8. The molecule has 0 amide bonds. The highest BCUT2D eigenvalue weighted by Crippen LogP contribution is 2.23. The average Bonchev–Trinajstić information content (AvgIpc) is 2.54. The maximum absolute atomic E-state index is 10.8. The zero-order chi connectivity index (χ0) is 16.8. The smallest absolute Gasteiger partial charge is 0.346 e. The van der Waals surface area contributed by atoms with Crippen molar-refractivity contribution < 1.29 is 14.6 Å². The van der Waals surface area contributed by atoms with Gasteiger partial charge in [0, 0.05) is 0 Å². The van der Waals surface area contributed by atoms with Gasteiger partial charge < -0.3 is 9.84 Å². The van der Waals surface area contributed by atoms with Gasteiger partial charge in [0.15, 0.2) is 0 Å². The van der Waals surface area contributed by atoms with E-state index in [1.807, 2.05) is 6.07 Å². The minimum Gasteiger partial charge on any atom is -0.489 e. The molecule has 0 heterocycles. The Bertz CT molecular complexity index is 792. The average molecular weight is 348 g/mol. The minimum absolute atomic E-state index is 0.324. The fourth-order valence-electron chi connectivity index (χ4n) is 1.76. The molecule has 6 heteroatoms. The summed E-state index contributed by atoms with van der Waals surface area (Å²) in [5, 5.41) is 18.5. The van der Waals surface area contributed by atoms with Crippen LogP contribution in [0.15, 0.2) is 48.0 Å². The van der Waals surface area contributed by atoms with Crippen molar-refractivity contribution in [1.82, 2.24) is 0 Å². The van der Waals surface area contributed by atoms with E-state index in [2.05, 4.69) is 0 Å². The van der Waals surface area contributed by atoms with E-state index < -0.39 is 5.97 Å². The third-order valence-corrected chi connectivity index (χ3v) is 3.67. The molecular formula is C17H11Cl2NO3. The minimum atomic E-state index is -1.26. The largest absolute Gasteiger partial charge is 0.489 e. The van der Waals surface area contributed by atoms with Crippen molar-refractivity contribution in [3.8, 4) is 11.8 Å². The quantitative estimate of drug-likeness (QED) is 0.635. The number of halogens is 2. The molecule has 0 fully saturated rings. The molecule has 0 aliphatic rings. The molecule has 0 aliphatic carbocycles. The summed E-state index contributed by atoms with van der Waals surface area (Å²) >= 11 is 11.8. The lowest BCUT2D eigenvalue weighted by molar-refractivity contribution is -0.132. The van der Waals surface area contributed by atoms with Crippen molar-refractivity contribution in [2.24, 2.45) is 0 Å². The van der Waals surface area contributed by atoms with Crippen molar-refractivity contribution in [1.29, 1.82) is 5.26 Å². The third kappa shape index (κ3) is 4.75. The van der Waals surface area contributed by atoms with Crippen LogP contribution in [0.3, 0.4) is 0 Å². The second-order valence-corrected chi connectivity index (χ2v) is 5.40. The Morgan fingerprint density at radius 2 is 1.87 bits per heavy atom. The van der Waals surface area contributed by atoms with E-state index in [4.69, 9.17) is 38.3 Å². The molecule has 0 bridgehead atoms.